The molecule has 0 aromatic heterocycles. The zero-order valence-electron chi connectivity index (χ0n) is 11.7. The summed E-state index contributed by atoms with van der Waals surface area (Å²) in [5, 5.41) is 0. The molecule has 2 atom stereocenters. The van der Waals surface area contributed by atoms with E-state index in [1.165, 1.54) is 13.0 Å². The van der Waals surface area contributed by atoms with Gasteiger partial charge in [-0.2, -0.15) is 13.2 Å². The van der Waals surface area contributed by atoms with E-state index in [0.29, 0.717) is 5.56 Å². The molecule has 0 unspecified atom stereocenters. The normalized spacial score (nSPS) is 16.5. The fourth-order valence-corrected chi connectivity index (χ4v) is 2.40. The van der Waals surface area contributed by atoms with Crippen molar-refractivity contribution >= 4 is 0 Å². The molecule has 0 aliphatic rings. The third-order valence-corrected chi connectivity index (χ3v) is 4.10. The lowest BCUT2D eigenvalue weighted by atomic mass is 9.70. The van der Waals surface area contributed by atoms with Crippen molar-refractivity contribution in [1.29, 1.82) is 0 Å². The average molecular weight is 268 g/mol. The molecule has 0 saturated carbocycles. The van der Waals surface area contributed by atoms with Gasteiger partial charge in [-0.1, -0.05) is 38.3 Å². The van der Waals surface area contributed by atoms with Crippen LogP contribution in [0.25, 0.3) is 0 Å². The summed E-state index contributed by atoms with van der Waals surface area (Å²) in [4.78, 5) is 0. The lowest BCUT2D eigenvalue weighted by molar-refractivity contribution is -0.138. The van der Waals surface area contributed by atoms with Crippen LogP contribution in [-0.4, -0.2) is 0 Å². The summed E-state index contributed by atoms with van der Waals surface area (Å²) in [5.74, 6) is 2.81. The lowest BCUT2D eigenvalue weighted by Crippen LogP contribution is -2.30. The molecular formula is C16H19F3. The minimum absolute atomic E-state index is 0.111. The van der Waals surface area contributed by atoms with Gasteiger partial charge in [0.1, 0.15) is 0 Å². The van der Waals surface area contributed by atoms with Crippen LogP contribution in [0.4, 0.5) is 13.2 Å². The summed E-state index contributed by atoms with van der Waals surface area (Å²) in [6.45, 7) is 7.29. The number of benzene rings is 1. The number of rotatable bonds is 3. The van der Waals surface area contributed by atoms with Gasteiger partial charge in [-0.05, 0) is 37.0 Å². The van der Waals surface area contributed by atoms with Gasteiger partial charge in [-0.3, -0.25) is 0 Å². The van der Waals surface area contributed by atoms with Crippen LogP contribution >= 0.6 is 0 Å². The monoisotopic (exact) mass is 268 g/mol. The van der Waals surface area contributed by atoms with E-state index in [0.717, 1.165) is 12.5 Å². The molecule has 0 saturated heterocycles. The topological polar surface area (TPSA) is 0 Å². The number of terminal acetylenes is 1. The highest BCUT2D eigenvalue weighted by Crippen LogP contribution is 2.40. The van der Waals surface area contributed by atoms with Gasteiger partial charge in [-0.25, -0.2) is 0 Å². The highest BCUT2D eigenvalue weighted by Gasteiger charge is 2.37. The third-order valence-electron chi connectivity index (χ3n) is 4.10. The van der Waals surface area contributed by atoms with Crippen LogP contribution < -0.4 is 0 Å². The van der Waals surface area contributed by atoms with Crippen molar-refractivity contribution in [2.24, 2.45) is 5.92 Å². The quantitative estimate of drug-likeness (QED) is 0.680. The first-order valence-corrected chi connectivity index (χ1v) is 6.33. The summed E-state index contributed by atoms with van der Waals surface area (Å²) >= 11 is 0. The van der Waals surface area contributed by atoms with Gasteiger partial charge < -0.3 is 0 Å². The standard InChI is InChI=1S/C16H19F3/c1-6-11(3)15(5,7-2)13-9-8-10-14(12(13)4)16(17,18)19/h2,8-11H,6H2,1,3-5H3/t11-,15-/m1/s1. The predicted octanol–water partition coefficient (Wildman–Crippen LogP) is 4.95. The SMILES string of the molecule is C#C[C@@](C)(c1cccc(C(F)(F)F)c1C)[C@H](C)CC. The Morgan fingerprint density at radius 1 is 1.26 bits per heavy atom. The zero-order chi connectivity index (χ0) is 14.8. The molecule has 0 spiro atoms. The largest absolute Gasteiger partial charge is 0.416 e. The molecule has 1 aromatic carbocycles. The molecule has 0 N–H and O–H groups in total. The fraction of sp³-hybridized carbons (Fsp3) is 0.500. The second-order valence-corrected chi connectivity index (χ2v) is 5.13. The maximum absolute atomic E-state index is 13.0. The van der Waals surface area contributed by atoms with Crippen LogP contribution in [0.15, 0.2) is 18.2 Å². The van der Waals surface area contributed by atoms with E-state index in [1.54, 1.807) is 6.07 Å². The van der Waals surface area contributed by atoms with E-state index in [9.17, 15) is 13.2 Å². The molecule has 1 aromatic rings. The minimum Gasteiger partial charge on any atom is -0.166 e. The Bertz CT molecular complexity index is 494. The van der Waals surface area contributed by atoms with E-state index >= 15 is 0 Å². The van der Waals surface area contributed by atoms with Gasteiger partial charge >= 0.3 is 6.18 Å². The van der Waals surface area contributed by atoms with Gasteiger partial charge in [0.25, 0.3) is 0 Å². The second-order valence-electron chi connectivity index (χ2n) is 5.13. The van der Waals surface area contributed by atoms with Crippen molar-refractivity contribution in [3.05, 3.63) is 34.9 Å². The Kier molecular flexibility index (Phi) is 4.35. The zero-order valence-corrected chi connectivity index (χ0v) is 11.7. The second kappa shape index (κ2) is 5.28. The van der Waals surface area contributed by atoms with Crippen molar-refractivity contribution in [3.8, 4) is 12.3 Å². The Labute approximate surface area is 113 Å². The molecule has 19 heavy (non-hydrogen) atoms. The maximum atomic E-state index is 13.0. The van der Waals surface area contributed by atoms with Crippen LogP contribution in [0.3, 0.4) is 0 Å². The van der Waals surface area contributed by atoms with Crippen LogP contribution in [0.5, 0.6) is 0 Å². The average Bonchev–Trinajstić information content (AvgIpc) is 2.35. The van der Waals surface area contributed by atoms with Gasteiger partial charge in [0, 0.05) is 0 Å². The number of hydrogen-bond acceptors (Lipinski definition) is 0. The van der Waals surface area contributed by atoms with Crippen molar-refractivity contribution in [2.75, 3.05) is 0 Å². The summed E-state index contributed by atoms with van der Waals surface area (Å²) in [7, 11) is 0. The Balaban J connectivity index is 3.49. The first-order valence-electron chi connectivity index (χ1n) is 6.33. The molecule has 0 nitrogen and oxygen atoms in total. The van der Waals surface area contributed by atoms with Crippen molar-refractivity contribution in [3.63, 3.8) is 0 Å². The molecule has 0 fully saturated rings. The molecule has 0 aliphatic heterocycles. The Hall–Kier alpha value is -1.43. The molecule has 104 valence electrons. The van der Waals surface area contributed by atoms with Crippen molar-refractivity contribution < 1.29 is 13.2 Å². The van der Waals surface area contributed by atoms with Crippen molar-refractivity contribution in [1.82, 2.24) is 0 Å². The molecule has 0 radical (unpaired) electrons. The molecule has 1 rings (SSSR count). The van der Waals surface area contributed by atoms with E-state index < -0.39 is 17.2 Å². The van der Waals surface area contributed by atoms with Gasteiger partial charge in [0.05, 0.1) is 11.0 Å². The van der Waals surface area contributed by atoms with Gasteiger partial charge in [0.15, 0.2) is 0 Å². The molecule has 0 heterocycles. The van der Waals surface area contributed by atoms with Crippen LogP contribution in [-0.2, 0) is 11.6 Å². The Morgan fingerprint density at radius 3 is 2.21 bits per heavy atom. The van der Waals surface area contributed by atoms with Gasteiger partial charge in [0.2, 0.25) is 0 Å². The van der Waals surface area contributed by atoms with E-state index in [4.69, 9.17) is 6.42 Å². The van der Waals surface area contributed by atoms with Crippen molar-refractivity contribution in [2.45, 2.75) is 45.7 Å². The summed E-state index contributed by atoms with van der Waals surface area (Å²) in [6, 6.07) is 4.24. The number of halogens is 3. The first kappa shape index (κ1) is 15.6. The molecule has 0 bridgehead atoms. The highest BCUT2D eigenvalue weighted by molar-refractivity contribution is 5.44. The van der Waals surface area contributed by atoms with Crippen LogP contribution in [0.1, 0.15) is 43.9 Å². The molecule has 3 heteroatoms. The maximum Gasteiger partial charge on any atom is 0.416 e. The highest BCUT2D eigenvalue weighted by atomic mass is 19.4. The summed E-state index contributed by atoms with van der Waals surface area (Å²) in [6.07, 6.45) is 2.09. The smallest absolute Gasteiger partial charge is 0.166 e. The van der Waals surface area contributed by atoms with Crippen LogP contribution in [0.2, 0.25) is 0 Å². The molecular weight excluding hydrogens is 249 g/mol. The fourth-order valence-electron chi connectivity index (χ4n) is 2.40. The van der Waals surface area contributed by atoms with Crippen LogP contribution in [0, 0.1) is 25.2 Å². The Morgan fingerprint density at radius 2 is 1.79 bits per heavy atom. The van der Waals surface area contributed by atoms with E-state index in [-0.39, 0.29) is 11.5 Å². The van der Waals surface area contributed by atoms with E-state index in [1.807, 2.05) is 20.8 Å². The number of hydrogen-bond donors (Lipinski definition) is 0. The third kappa shape index (κ3) is 2.78. The minimum atomic E-state index is -4.34. The van der Waals surface area contributed by atoms with E-state index in [2.05, 4.69) is 5.92 Å². The predicted molar refractivity (Wildman–Crippen MR) is 71.8 cm³/mol. The lowest BCUT2D eigenvalue weighted by Gasteiger charge is -2.33. The van der Waals surface area contributed by atoms with Gasteiger partial charge in [-0.15, -0.1) is 6.42 Å². The summed E-state index contributed by atoms with van der Waals surface area (Å²) < 4.78 is 38.9. The summed E-state index contributed by atoms with van der Waals surface area (Å²) in [5.41, 5.74) is -0.454. The first-order chi connectivity index (χ1) is 8.68. The molecule has 0 aliphatic carbocycles. The number of alkyl halides is 3. The molecule has 0 amide bonds.